The van der Waals surface area contributed by atoms with Crippen molar-refractivity contribution in [3.8, 4) is 11.3 Å². The molecule has 4 aromatic rings. The van der Waals surface area contributed by atoms with Crippen molar-refractivity contribution in [2.24, 2.45) is 5.73 Å². The smallest absolute Gasteiger partial charge is 0.246 e. The summed E-state index contributed by atoms with van der Waals surface area (Å²) in [4.78, 5) is 27.9. The monoisotopic (exact) mass is 390 g/mol. The number of rotatable bonds is 6. The highest BCUT2D eigenvalue weighted by Crippen LogP contribution is 2.28. The lowest BCUT2D eigenvalue weighted by molar-refractivity contribution is -0.117. The summed E-state index contributed by atoms with van der Waals surface area (Å²) in [5.41, 5.74) is 8.76. The number of nitrogens with two attached hydrogens (primary N) is 1. The summed E-state index contributed by atoms with van der Waals surface area (Å²) in [6.45, 7) is 0.155. The molecular weight excluding hydrogens is 372 g/mol. The van der Waals surface area contributed by atoms with Gasteiger partial charge in [-0.25, -0.2) is 4.98 Å². The lowest BCUT2D eigenvalue weighted by Gasteiger charge is -2.10. The van der Waals surface area contributed by atoms with Gasteiger partial charge in [0.25, 0.3) is 0 Å². The van der Waals surface area contributed by atoms with Gasteiger partial charge in [0, 0.05) is 22.0 Å². The molecule has 0 saturated heterocycles. The van der Waals surface area contributed by atoms with Crippen LogP contribution < -0.4 is 11.1 Å². The van der Waals surface area contributed by atoms with Gasteiger partial charge in [0.2, 0.25) is 11.8 Å². The van der Waals surface area contributed by atoms with Crippen LogP contribution in [-0.4, -0.2) is 21.4 Å². The maximum Gasteiger partial charge on any atom is 0.246 e. The zero-order chi connectivity index (χ0) is 19.5. The molecule has 0 aliphatic rings. The van der Waals surface area contributed by atoms with Crippen molar-refractivity contribution < 1.29 is 9.59 Å². The highest BCUT2D eigenvalue weighted by Gasteiger charge is 2.14. The van der Waals surface area contributed by atoms with Gasteiger partial charge in [-0.15, -0.1) is 11.3 Å². The fourth-order valence-electron chi connectivity index (χ4n) is 3.16. The molecule has 2 heterocycles. The van der Waals surface area contributed by atoms with E-state index in [0.29, 0.717) is 10.8 Å². The lowest BCUT2D eigenvalue weighted by atomic mass is 10.1. The largest absolute Gasteiger partial charge is 0.369 e. The van der Waals surface area contributed by atoms with Crippen LogP contribution in [0.25, 0.3) is 22.2 Å². The van der Waals surface area contributed by atoms with Crippen LogP contribution >= 0.6 is 11.3 Å². The first-order valence-electron chi connectivity index (χ1n) is 8.76. The van der Waals surface area contributed by atoms with Crippen molar-refractivity contribution >= 4 is 39.2 Å². The number of nitrogens with one attached hydrogen (secondary N) is 1. The van der Waals surface area contributed by atoms with Crippen LogP contribution in [-0.2, 0) is 22.6 Å². The van der Waals surface area contributed by atoms with E-state index in [0.717, 1.165) is 22.2 Å². The average molecular weight is 390 g/mol. The Morgan fingerprint density at radius 3 is 2.61 bits per heavy atom. The molecular formula is C21H18N4O2S. The van der Waals surface area contributed by atoms with E-state index in [-0.39, 0.29) is 18.9 Å². The third kappa shape index (κ3) is 3.79. The van der Waals surface area contributed by atoms with Gasteiger partial charge < -0.3 is 15.6 Å². The van der Waals surface area contributed by atoms with Crippen molar-refractivity contribution in [1.82, 2.24) is 9.55 Å². The number of fused-ring (bicyclic) bond motifs is 1. The second-order valence-electron chi connectivity index (χ2n) is 6.38. The van der Waals surface area contributed by atoms with Crippen LogP contribution in [0.15, 0.2) is 66.0 Å². The van der Waals surface area contributed by atoms with E-state index in [2.05, 4.69) is 16.4 Å². The van der Waals surface area contributed by atoms with E-state index < -0.39 is 5.91 Å². The number of aromatic nitrogens is 2. The Labute approximate surface area is 165 Å². The predicted molar refractivity (Wildman–Crippen MR) is 111 cm³/mol. The molecule has 2 aromatic heterocycles. The molecule has 0 atom stereocenters. The van der Waals surface area contributed by atoms with Crippen molar-refractivity contribution in [3.63, 3.8) is 0 Å². The zero-order valence-electron chi connectivity index (χ0n) is 15.0. The molecule has 2 amide bonds. The number of hydrogen-bond donors (Lipinski definition) is 2. The molecule has 0 saturated carbocycles. The maximum atomic E-state index is 12.7. The van der Waals surface area contributed by atoms with Crippen LogP contribution in [0.4, 0.5) is 5.13 Å². The molecule has 0 aliphatic carbocycles. The van der Waals surface area contributed by atoms with Crippen molar-refractivity contribution in [2.75, 3.05) is 5.32 Å². The Hall–Kier alpha value is -3.45. The summed E-state index contributed by atoms with van der Waals surface area (Å²) in [6.07, 6.45) is 0.0623. The first-order chi connectivity index (χ1) is 13.6. The standard InChI is InChI=1S/C21H18N4O2S/c22-19(26)11-16-13-28-21(23-16)24-20(27)12-25-17-9-5-4-8-15(17)10-18(25)14-6-2-1-3-7-14/h1-10,13H,11-12H2,(H2,22,26)(H,23,24,27). The average Bonchev–Trinajstić information content (AvgIpc) is 3.26. The summed E-state index contributed by atoms with van der Waals surface area (Å²) in [5.74, 6) is -0.631. The summed E-state index contributed by atoms with van der Waals surface area (Å²) < 4.78 is 2.00. The van der Waals surface area contributed by atoms with Gasteiger partial charge in [-0.3, -0.25) is 9.59 Å². The Morgan fingerprint density at radius 2 is 1.82 bits per heavy atom. The number of para-hydroxylation sites is 1. The van der Waals surface area contributed by atoms with Gasteiger partial charge in [-0.05, 0) is 17.7 Å². The third-order valence-electron chi connectivity index (χ3n) is 4.34. The second-order valence-corrected chi connectivity index (χ2v) is 7.23. The summed E-state index contributed by atoms with van der Waals surface area (Å²) in [5, 5.41) is 6.07. The Bertz CT molecular complexity index is 1150. The van der Waals surface area contributed by atoms with E-state index in [9.17, 15) is 9.59 Å². The minimum atomic E-state index is -0.450. The highest BCUT2D eigenvalue weighted by atomic mass is 32.1. The normalized spacial score (nSPS) is 10.9. The quantitative estimate of drug-likeness (QED) is 0.528. The molecule has 0 radical (unpaired) electrons. The SMILES string of the molecule is NC(=O)Cc1csc(NC(=O)Cn2c(-c3ccccc3)cc3ccccc32)n1. The van der Waals surface area contributed by atoms with E-state index in [1.165, 1.54) is 11.3 Å². The van der Waals surface area contributed by atoms with Crippen molar-refractivity contribution in [2.45, 2.75) is 13.0 Å². The van der Waals surface area contributed by atoms with E-state index in [1.807, 2.05) is 59.2 Å². The van der Waals surface area contributed by atoms with Crippen LogP contribution in [0, 0.1) is 0 Å². The number of thiazole rings is 1. The Balaban J connectivity index is 1.61. The third-order valence-corrected chi connectivity index (χ3v) is 5.14. The molecule has 28 heavy (non-hydrogen) atoms. The molecule has 3 N–H and O–H groups in total. The number of carbonyl (C=O) groups excluding carboxylic acids is 2. The Kier molecular flexibility index (Phi) is 4.90. The van der Waals surface area contributed by atoms with Crippen LogP contribution in [0.5, 0.6) is 0 Å². The van der Waals surface area contributed by atoms with E-state index in [1.54, 1.807) is 5.38 Å². The molecule has 7 heteroatoms. The number of amides is 2. The van der Waals surface area contributed by atoms with Crippen molar-refractivity contribution in [1.29, 1.82) is 0 Å². The summed E-state index contributed by atoms with van der Waals surface area (Å²) in [6, 6.07) is 20.1. The highest BCUT2D eigenvalue weighted by molar-refractivity contribution is 7.13. The van der Waals surface area contributed by atoms with E-state index in [4.69, 9.17) is 5.73 Å². The number of hydrogen-bond acceptors (Lipinski definition) is 4. The molecule has 0 spiro atoms. The molecule has 6 nitrogen and oxygen atoms in total. The van der Waals surface area contributed by atoms with Crippen molar-refractivity contribution in [3.05, 3.63) is 71.7 Å². The van der Waals surface area contributed by atoms with Crippen LogP contribution in [0.2, 0.25) is 0 Å². The number of anilines is 1. The molecule has 0 unspecified atom stereocenters. The fraction of sp³-hybridized carbons (Fsp3) is 0.0952. The zero-order valence-corrected chi connectivity index (χ0v) is 15.8. The van der Waals surface area contributed by atoms with Gasteiger partial charge in [-0.2, -0.15) is 0 Å². The molecule has 0 aliphatic heterocycles. The number of nitrogens with zero attached hydrogens (tertiary/aromatic N) is 2. The van der Waals surface area contributed by atoms with Gasteiger partial charge >= 0.3 is 0 Å². The number of benzene rings is 2. The first kappa shape index (κ1) is 17.9. The van der Waals surface area contributed by atoms with Crippen LogP contribution in [0.1, 0.15) is 5.69 Å². The molecule has 140 valence electrons. The minimum Gasteiger partial charge on any atom is -0.369 e. The van der Waals surface area contributed by atoms with Gasteiger partial charge in [0.1, 0.15) is 6.54 Å². The molecule has 4 rings (SSSR count). The van der Waals surface area contributed by atoms with Gasteiger partial charge in [0.05, 0.1) is 12.1 Å². The summed E-state index contributed by atoms with van der Waals surface area (Å²) in [7, 11) is 0. The summed E-state index contributed by atoms with van der Waals surface area (Å²) >= 11 is 1.28. The maximum absolute atomic E-state index is 12.7. The van der Waals surface area contributed by atoms with Crippen LogP contribution in [0.3, 0.4) is 0 Å². The second kappa shape index (κ2) is 7.66. The number of carbonyl (C=O) groups is 2. The molecule has 2 aromatic carbocycles. The first-order valence-corrected chi connectivity index (χ1v) is 9.64. The predicted octanol–water partition coefficient (Wildman–Crippen LogP) is 3.43. The lowest BCUT2D eigenvalue weighted by Crippen LogP contribution is -2.19. The van der Waals surface area contributed by atoms with E-state index >= 15 is 0 Å². The molecule has 0 fully saturated rings. The number of primary amides is 1. The van der Waals surface area contributed by atoms with Gasteiger partial charge in [0.15, 0.2) is 5.13 Å². The minimum absolute atomic E-state index is 0.0623. The Morgan fingerprint density at radius 1 is 1.07 bits per heavy atom. The molecule has 0 bridgehead atoms. The topological polar surface area (TPSA) is 90.0 Å². The fourth-order valence-corrected chi connectivity index (χ4v) is 3.88. The van der Waals surface area contributed by atoms with Gasteiger partial charge in [-0.1, -0.05) is 48.5 Å².